The first-order valence-electron chi connectivity index (χ1n) is 5.93. The Bertz CT molecular complexity index is 481. The highest BCUT2D eigenvalue weighted by molar-refractivity contribution is 8.22. The van der Waals surface area contributed by atoms with Crippen molar-refractivity contribution in [3.8, 4) is 0 Å². The fraction of sp³-hybridized carbons (Fsp3) is 0.636. The van der Waals surface area contributed by atoms with Crippen molar-refractivity contribution < 1.29 is 29.4 Å². The minimum atomic E-state index is -1.46. The van der Waals surface area contributed by atoms with Gasteiger partial charge in [-0.1, -0.05) is 0 Å². The molecule has 0 spiro atoms. The van der Waals surface area contributed by atoms with E-state index in [9.17, 15) is 19.2 Å². The molecule has 1 aliphatic heterocycles. The van der Waals surface area contributed by atoms with Gasteiger partial charge in [0.15, 0.2) is 0 Å². The molecule has 1 heterocycles. The Kier molecular flexibility index (Phi) is 5.51. The molecule has 0 aromatic carbocycles. The summed E-state index contributed by atoms with van der Waals surface area (Å²) in [4.78, 5) is 45.1. The summed E-state index contributed by atoms with van der Waals surface area (Å²) in [5.41, 5.74) is 4.92. The molecule has 5 N–H and O–H groups in total. The molecule has 1 aliphatic rings. The Labute approximate surface area is 129 Å². The smallest absolute Gasteiger partial charge is 0.326 e. The van der Waals surface area contributed by atoms with Crippen LogP contribution in [0, 0.1) is 0 Å². The zero-order chi connectivity index (χ0) is 16.4. The molecule has 1 fully saturated rings. The monoisotopic (exact) mass is 336 g/mol. The maximum Gasteiger partial charge on any atom is 0.326 e. The topological polar surface area (TPSA) is 147 Å². The number of nitrogens with two attached hydrogens (primary N) is 1. The number of primary amides is 1. The SMILES string of the molecule is CC1(C)SC(C(=O)O)C(C(=O)N[C@@H](CC(N)=O)C(=O)O)S1. The lowest BCUT2D eigenvalue weighted by Crippen LogP contribution is -2.49. The van der Waals surface area contributed by atoms with Gasteiger partial charge in [0.05, 0.1) is 10.5 Å². The van der Waals surface area contributed by atoms with E-state index in [4.69, 9.17) is 15.9 Å². The molecular formula is C11H16N2O6S2. The summed E-state index contributed by atoms with van der Waals surface area (Å²) in [6, 6.07) is -1.46. The van der Waals surface area contributed by atoms with Crippen LogP contribution in [-0.4, -0.2) is 54.6 Å². The minimum Gasteiger partial charge on any atom is -0.480 e. The molecule has 0 aliphatic carbocycles. The molecule has 2 unspecified atom stereocenters. The van der Waals surface area contributed by atoms with E-state index in [1.54, 1.807) is 13.8 Å². The minimum absolute atomic E-state index is 0.479. The molecule has 118 valence electrons. The summed E-state index contributed by atoms with van der Waals surface area (Å²) in [5.74, 6) is -4.13. The van der Waals surface area contributed by atoms with Gasteiger partial charge in [-0.2, -0.15) is 0 Å². The molecule has 0 aromatic rings. The van der Waals surface area contributed by atoms with E-state index in [0.717, 1.165) is 23.5 Å². The molecular weight excluding hydrogens is 320 g/mol. The molecule has 8 nitrogen and oxygen atoms in total. The fourth-order valence-electron chi connectivity index (χ4n) is 1.79. The zero-order valence-corrected chi connectivity index (χ0v) is 13.0. The number of thioether (sulfide) groups is 2. The summed E-state index contributed by atoms with van der Waals surface area (Å²) < 4.78 is -0.479. The van der Waals surface area contributed by atoms with Crippen LogP contribution >= 0.6 is 23.5 Å². The number of rotatable bonds is 6. The number of hydrogen-bond donors (Lipinski definition) is 4. The number of carboxylic acids is 2. The second-order valence-corrected chi connectivity index (χ2v) is 8.67. The van der Waals surface area contributed by atoms with E-state index < -0.39 is 50.8 Å². The van der Waals surface area contributed by atoms with Crippen molar-refractivity contribution in [1.29, 1.82) is 0 Å². The first kappa shape index (κ1) is 17.6. The lowest BCUT2D eigenvalue weighted by atomic mass is 10.2. The van der Waals surface area contributed by atoms with Crippen LogP contribution in [0.5, 0.6) is 0 Å². The molecule has 1 rings (SSSR count). The van der Waals surface area contributed by atoms with E-state index in [1.165, 1.54) is 0 Å². The second-order valence-electron chi connectivity index (χ2n) is 4.88. The first-order chi connectivity index (χ1) is 9.53. The zero-order valence-electron chi connectivity index (χ0n) is 11.4. The van der Waals surface area contributed by atoms with Gasteiger partial charge in [0.2, 0.25) is 11.8 Å². The van der Waals surface area contributed by atoms with Gasteiger partial charge in [-0.3, -0.25) is 14.4 Å². The van der Waals surface area contributed by atoms with Crippen molar-refractivity contribution in [2.24, 2.45) is 5.73 Å². The van der Waals surface area contributed by atoms with Crippen molar-refractivity contribution >= 4 is 47.3 Å². The average molecular weight is 336 g/mol. The standard InChI is InChI=1S/C11H16N2O6S2/c1-11(2)20-6(7(21-11)10(18)19)8(15)13-4(9(16)17)3-5(12)14/h4,6-7H,3H2,1-2H3,(H2,12,14)(H,13,15)(H,16,17)(H,18,19)/t4-,6?,7?/m0/s1. The normalized spacial score (nSPS) is 25.0. The predicted octanol–water partition coefficient (Wildman–Crippen LogP) is -0.531. The Morgan fingerprint density at radius 3 is 2.14 bits per heavy atom. The van der Waals surface area contributed by atoms with Gasteiger partial charge in [-0.15, -0.1) is 23.5 Å². The highest BCUT2D eigenvalue weighted by Gasteiger charge is 2.48. The van der Waals surface area contributed by atoms with E-state index in [-0.39, 0.29) is 0 Å². The van der Waals surface area contributed by atoms with Crippen molar-refractivity contribution in [3.63, 3.8) is 0 Å². The van der Waals surface area contributed by atoms with Gasteiger partial charge in [0, 0.05) is 0 Å². The van der Waals surface area contributed by atoms with Gasteiger partial charge in [-0.05, 0) is 13.8 Å². The van der Waals surface area contributed by atoms with Gasteiger partial charge in [0.25, 0.3) is 0 Å². The molecule has 2 amide bonds. The molecule has 3 atom stereocenters. The number of carbonyl (C=O) groups is 4. The molecule has 0 radical (unpaired) electrons. The molecule has 21 heavy (non-hydrogen) atoms. The summed E-state index contributed by atoms with van der Waals surface area (Å²) in [7, 11) is 0. The number of amides is 2. The largest absolute Gasteiger partial charge is 0.480 e. The molecule has 10 heteroatoms. The number of carboxylic acid groups (broad SMARTS) is 2. The molecule has 1 saturated heterocycles. The third-order valence-corrected chi connectivity index (χ3v) is 5.97. The highest BCUT2D eigenvalue weighted by Crippen LogP contribution is 2.51. The quantitative estimate of drug-likeness (QED) is 0.506. The van der Waals surface area contributed by atoms with Gasteiger partial charge >= 0.3 is 11.9 Å². The van der Waals surface area contributed by atoms with E-state index in [2.05, 4.69) is 5.32 Å². The van der Waals surface area contributed by atoms with Crippen LogP contribution in [-0.2, 0) is 19.2 Å². The maximum atomic E-state index is 12.1. The lowest BCUT2D eigenvalue weighted by molar-refractivity contribution is -0.143. The van der Waals surface area contributed by atoms with Gasteiger partial charge in [0.1, 0.15) is 16.5 Å². The van der Waals surface area contributed by atoms with Crippen LogP contribution < -0.4 is 11.1 Å². The van der Waals surface area contributed by atoms with Crippen molar-refractivity contribution in [2.75, 3.05) is 0 Å². The van der Waals surface area contributed by atoms with Gasteiger partial charge in [-0.25, -0.2) is 4.79 Å². The predicted molar refractivity (Wildman–Crippen MR) is 77.9 cm³/mol. The van der Waals surface area contributed by atoms with Crippen molar-refractivity contribution in [3.05, 3.63) is 0 Å². The molecule has 0 saturated carbocycles. The lowest BCUT2D eigenvalue weighted by Gasteiger charge is -2.18. The fourth-order valence-corrected chi connectivity index (χ4v) is 4.95. The second kappa shape index (κ2) is 6.56. The van der Waals surface area contributed by atoms with Crippen LogP contribution in [0.15, 0.2) is 0 Å². The van der Waals surface area contributed by atoms with Crippen LogP contribution in [0.1, 0.15) is 20.3 Å². The van der Waals surface area contributed by atoms with E-state index >= 15 is 0 Å². The number of aliphatic carboxylic acids is 2. The summed E-state index contributed by atoms with van der Waals surface area (Å²) >= 11 is 2.27. The van der Waals surface area contributed by atoms with E-state index in [0.29, 0.717) is 0 Å². The average Bonchev–Trinajstić information content (AvgIpc) is 2.64. The molecule has 0 aromatic heterocycles. The molecule has 0 bridgehead atoms. The van der Waals surface area contributed by atoms with Crippen LogP contribution in [0.2, 0.25) is 0 Å². The Hall–Kier alpha value is -1.42. The third kappa shape index (κ3) is 4.81. The first-order valence-corrected chi connectivity index (χ1v) is 7.69. The van der Waals surface area contributed by atoms with Crippen molar-refractivity contribution in [1.82, 2.24) is 5.32 Å². The van der Waals surface area contributed by atoms with Gasteiger partial charge < -0.3 is 21.3 Å². The van der Waals surface area contributed by atoms with Crippen LogP contribution in [0.25, 0.3) is 0 Å². The Balaban J connectivity index is 2.83. The summed E-state index contributed by atoms with van der Waals surface area (Å²) in [5, 5.41) is 18.4. The van der Waals surface area contributed by atoms with Crippen LogP contribution in [0.4, 0.5) is 0 Å². The van der Waals surface area contributed by atoms with E-state index in [1.807, 2.05) is 0 Å². The summed E-state index contributed by atoms with van der Waals surface area (Å²) in [6.45, 7) is 3.56. The Morgan fingerprint density at radius 1 is 1.19 bits per heavy atom. The third-order valence-electron chi connectivity index (χ3n) is 2.62. The van der Waals surface area contributed by atoms with Crippen LogP contribution in [0.3, 0.4) is 0 Å². The highest BCUT2D eigenvalue weighted by atomic mass is 32.2. The Morgan fingerprint density at radius 2 is 1.71 bits per heavy atom. The number of hydrogen-bond acceptors (Lipinski definition) is 6. The van der Waals surface area contributed by atoms with Crippen molar-refractivity contribution in [2.45, 2.75) is 40.9 Å². The maximum absolute atomic E-state index is 12.1. The number of carbonyl (C=O) groups excluding carboxylic acids is 2. The summed E-state index contributed by atoms with van der Waals surface area (Å²) in [6.07, 6.45) is -0.549. The number of nitrogens with one attached hydrogen (secondary N) is 1.